The molecule has 0 N–H and O–H groups in total. The van der Waals surface area contributed by atoms with Gasteiger partial charge in [0.05, 0.1) is 5.69 Å². The number of aromatic nitrogens is 4. The summed E-state index contributed by atoms with van der Waals surface area (Å²) in [5, 5.41) is 12.2. The fourth-order valence-corrected chi connectivity index (χ4v) is 2.59. The Balaban J connectivity index is 1.89. The maximum absolute atomic E-state index is 5.84. The van der Waals surface area contributed by atoms with Gasteiger partial charge in [-0.05, 0) is 48.2 Å². The number of nitrogens with zero attached hydrogens (tertiary/aromatic N) is 5. The number of alkyl halides is 1. The van der Waals surface area contributed by atoms with Crippen molar-refractivity contribution in [1.29, 1.82) is 0 Å². The molecule has 0 aliphatic heterocycles. The van der Waals surface area contributed by atoms with Gasteiger partial charge in [0.15, 0.2) is 0 Å². The molecule has 3 rings (SSSR count). The third-order valence-electron chi connectivity index (χ3n) is 3.76. The van der Waals surface area contributed by atoms with Crippen LogP contribution in [0.25, 0.3) is 5.69 Å². The highest BCUT2D eigenvalue weighted by molar-refractivity contribution is 6.17. The number of hydrogen-bond acceptors (Lipinski definition) is 4. The number of para-hydroxylation sites is 1. The molecule has 1 heterocycles. The van der Waals surface area contributed by atoms with Gasteiger partial charge in [-0.15, -0.1) is 11.6 Å². The van der Waals surface area contributed by atoms with Crippen LogP contribution in [0.5, 0.6) is 0 Å². The molecule has 20 heavy (non-hydrogen) atoms. The van der Waals surface area contributed by atoms with Gasteiger partial charge in [-0.3, -0.25) is 0 Å². The highest BCUT2D eigenvalue weighted by Crippen LogP contribution is 2.29. The van der Waals surface area contributed by atoms with E-state index in [9.17, 15) is 0 Å². The van der Waals surface area contributed by atoms with Crippen LogP contribution in [0.1, 0.15) is 25.7 Å². The number of benzene rings is 1. The normalized spacial score (nSPS) is 15.1. The Hall–Kier alpha value is -1.62. The Morgan fingerprint density at radius 3 is 2.70 bits per heavy atom. The SMILES string of the molecule is ClCCCN(c1nnnn1-c1ccccc1)C1CCC1. The molecule has 0 spiro atoms. The minimum atomic E-state index is 0.548. The molecular formula is C14H18ClN5. The summed E-state index contributed by atoms with van der Waals surface area (Å²) in [5.74, 6) is 1.49. The molecule has 0 unspecified atom stereocenters. The Kier molecular flexibility index (Phi) is 4.16. The lowest BCUT2D eigenvalue weighted by molar-refractivity contribution is 0.380. The Morgan fingerprint density at radius 1 is 1.25 bits per heavy atom. The van der Waals surface area contributed by atoms with Gasteiger partial charge in [0.2, 0.25) is 0 Å². The minimum absolute atomic E-state index is 0.548. The van der Waals surface area contributed by atoms with Crippen LogP contribution < -0.4 is 4.90 Å². The topological polar surface area (TPSA) is 46.8 Å². The average Bonchev–Trinajstić information content (AvgIpc) is 2.91. The van der Waals surface area contributed by atoms with E-state index in [1.54, 1.807) is 0 Å². The number of tetrazole rings is 1. The zero-order valence-electron chi connectivity index (χ0n) is 11.3. The van der Waals surface area contributed by atoms with Crippen LogP contribution in [0.15, 0.2) is 30.3 Å². The molecule has 1 aromatic carbocycles. The first-order chi connectivity index (χ1) is 9.90. The third-order valence-corrected chi connectivity index (χ3v) is 4.03. The van der Waals surface area contributed by atoms with Crippen molar-refractivity contribution >= 4 is 17.5 Å². The Bertz CT molecular complexity index is 538. The van der Waals surface area contributed by atoms with E-state index < -0.39 is 0 Å². The van der Waals surface area contributed by atoms with Gasteiger partial charge in [0.25, 0.3) is 5.95 Å². The van der Waals surface area contributed by atoms with Crippen molar-refractivity contribution in [2.45, 2.75) is 31.7 Å². The molecular weight excluding hydrogens is 274 g/mol. The summed E-state index contributed by atoms with van der Waals surface area (Å²) in [6.07, 6.45) is 4.66. The van der Waals surface area contributed by atoms with Crippen molar-refractivity contribution in [1.82, 2.24) is 20.2 Å². The maximum atomic E-state index is 5.84. The zero-order valence-corrected chi connectivity index (χ0v) is 12.1. The van der Waals surface area contributed by atoms with Crippen LogP contribution in [0.3, 0.4) is 0 Å². The molecule has 0 radical (unpaired) electrons. The van der Waals surface area contributed by atoms with Crippen LogP contribution in [-0.2, 0) is 0 Å². The summed E-state index contributed by atoms with van der Waals surface area (Å²) in [6, 6.07) is 10.6. The first-order valence-electron chi connectivity index (χ1n) is 7.06. The van der Waals surface area contributed by atoms with Gasteiger partial charge in [-0.1, -0.05) is 23.3 Å². The molecule has 1 aromatic heterocycles. The number of halogens is 1. The lowest BCUT2D eigenvalue weighted by atomic mass is 9.91. The second kappa shape index (κ2) is 6.22. The number of rotatable bonds is 6. The Labute approximate surface area is 123 Å². The Morgan fingerprint density at radius 2 is 2.05 bits per heavy atom. The predicted octanol–water partition coefficient (Wildman–Crippen LogP) is 2.65. The molecule has 0 amide bonds. The first-order valence-corrected chi connectivity index (χ1v) is 7.60. The lowest BCUT2D eigenvalue weighted by Gasteiger charge is -2.37. The van der Waals surface area contributed by atoms with E-state index in [0.29, 0.717) is 11.9 Å². The largest absolute Gasteiger partial charge is 0.336 e. The van der Waals surface area contributed by atoms with Gasteiger partial charge in [0.1, 0.15) is 0 Å². The molecule has 1 aliphatic carbocycles. The van der Waals surface area contributed by atoms with Crippen molar-refractivity contribution in [3.63, 3.8) is 0 Å². The molecule has 0 bridgehead atoms. The number of hydrogen-bond donors (Lipinski definition) is 0. The van der Waals surface area contributed by atoms with Gasteiger partial charge in [-0.25, -0.2) is 0 Å². The fraction of sp³-hybridized carbons (Fsp3) is 0.500. The summed E-state index contributed by atoms with van der Waals surface area (Å²) < 4.78 is 1.81. The highest BCUT2D eigenvalue weighted by Gasteiger charge is 2.28. The van der Waals surface area contributed by atoms with Crippen molar-refractivity contribution in [2.24, 2.45) is 0 Å². The van der Waals surface area contributed by atoms with E-state index in [2.05, 4.69) is 20.4 Å². The summed E-state index contributed by atoms with van der Waals surface area (Å²) in [5.41, 5.74) is 0.989. The smallest absolute Gasteiger partial charge is 0.250 e. The van der Waals surface area contributed by atoms with E-state index in [0.717, 1.165) is 24.6 Å². The van der Waals surface area contributed by atoms with E-state index in [-0.39, 0.29) is 0 Å². The molecule has 6 heteroatoms. The quantitative estimate of drug-likeness (QED) is 0.768. The average molecular weight is 292 g/mol. The summed E-state index contributed by atoms with van der Waals surface area (Å²) in [7, 11) is 0. The van der Waals surface area contributed by atoms with Gasteiger partial charge in [-0.2, -0.15) is 4.68 Å². The minimum Gasteiger partial charge on any atom is -0.336 e. The van der Waals surface area contributed by atoms with Gasteiger partial charge in [0, 0.05) is 18.5 Å². The van der Waals surface area contributed by atoms with E-state index >= 15 is 0 Å². The second-order valence-electron chi connectivity index (χ2n) is 5.05. The van der Waals surface area contributed by atoms with Crippen molar-refractivity contribution in [3.05, 3.63) is 30.3 Å². The van der Waals surface area contributed by atoms with Crippen molar-refractivity contribution in [2.75, 3.05) is 17.3 Å². The molecule has 2 aromatic rings. The third kappa shape index (κ3) is 2.63. The summed E-state index contributed by atoms with van der Waals surface area (Å²) in [6.45, 7) is 0.904. The van der Waals surface area contributed by atoms with Crippen molar-refractivity contribution < 1.29 is 0 Å². The standard InChI is InChI=1S/C14H18ClN5/c15-10-5-11-19(12-8-4-9-12)14-16-17-18-20(14)13-6-2-1-3-7-13/h1-3,6-7,12H,4-5,8-11H2. The molecule has 0 atom stereocenters. The summed E-state index contributed by atoms with van der Waals surface area (Å²) >= 11 is 5.84. The van der Waals surface area contributed by atoms with Gasteiger partial charge < -0.3 is 4.90 Å². The first kappa shape index (κ1) is 13.4. The van der Waals surface area contributed by atoms with Crippen LogP contribution >= 0.6 is 11.6 Å². The molecule has 5 nitrogen and oxygen atoms in total. The van der Waals surface area contributed by atoms with Crippen LogP contribution in [-0.4, -0.2) is 38.7 Å². The predicted molar refractivity (Wildman–Crippen MR) is 79.5 cm³/mol. The maximum Gasteiger partial charge on any atom is 0.250 e. The van der Waals surface area contributed by atoms with Gasteiger partial charge >= 0.3 is 0 Å². The molecule has 0 saturated heterocycles. The lowest BCUT2D eigenvalue weighted by Crippen LogP contribution is -2.42. The van der Waals surface area contributed by atoms with Crippen molar-refractivity contribution in [3.8, 4) is 5.69 Å². The van der Waals surface area contributed by atoms with E-state index in [1.807, 2.05) is 35.0 Å². The zero-order chi connectivity index (χ0) is 13.8. The molecule has 1 fully saturated rings. The van der Waals surface area contributed by atoms with Crippen LogP contribution in [0.2, 0.25) is 0 Å². The molecule has 106 valence electrons. The highest BCUT2D eigenvalue weighted by atomic mass is 35.5. The van der Waals surface area contributed by atoms with E-state index in [4.69, 9.17) is 11.6 Å². The summed E-state index contributed by atoms with van der Waals surface area (Å²) in [4.78, 5) is 2.30. The monoisotopic (exact) mass is 291 g/mol. The van der Waals surface area contributed by atoms with Crippen LogP contribution in [0, 0.1) is 0 Å². The van der Waals surface area contributed by atoms with Crippen LogP contribution in [0.4, 0.5) is 5.95 Å². The number of anilines is 1. The second-order valence-corrected chi connectivity index (χ2v) is 5.42. The van der Waals surface area contributed by atoms with E-state index in [1.165, 1.54) is 19.3 Å². The fourth-order valence-electron chi connectivity index (χ4n) is 2.47. The molecule has 1 aliphatic rings. The molecule has 1 saturated carbocycles.